The molecule has 1 aliphatic heterocycles. The zero-order chi connectivity index (χ0) is 12.3. The maximum absolute atomic E-state index is 11.7. The second-order valence-electron chi connectivity index (χ2n) is 4.12. The van der Waals surface area contributed by atoms with Crippen molar-refractivity contribution >= 4 is 27.6 Å². The molecule has 1 aromatic rings. The standard InChI is InChI=1S/C12H15BrN2O2/c1-8-6-9(2-3-11(8)13)14-12(16)15-10-4-5-17-7-10/h2-3,6,10H,4-5,7H2,1H3,(H2,14,15,16). The fourth-order valence-corrected chi connectivity index (χ4v) is 1.97. The molecule has 1 atom stereocenters. The number of anilines is 1. The van der Waals surface area contributed by atoms with Crippen molar-refractivity contribution in [3.63, 3.8) is 0 Å². The van der Waals surface area contributed by atoms with Crippen LogP contribution in [0.5, 0.6) is 0 Å². The monoisotopic (exact) mass is 298 g/mol. The molecular formula is C12H15BrN2O2. The molecule has 4 nitrogen and oxygen atoms in total. The van der Waals surface area contributed by atoms with Crippen molar-refractivity contribution in [3.8, 4) is 0 Å². The van der Waals surface area contributed by atoms with E-state index in [9.17, 15) is 4.79 Å². The average Bonchev–Trinajstić information content (AvgIpc) is 2.76. The van der Waals surface area contributed by atoms with Gasteiger partial charge in [-0.1, -0.05) is 15.9 Å². The minimum atomic E-state index is -0.178. The van der Waals surface area contributed by atoms with Crippen LogP contribution in [0.3, 0.4) is 0 Å². The van der Waals surface area contributed by atoms with Gasteiger partial charge < -0.3 is 15.4 Å². The molecule has 2 rings (SSSR count). The first kappa shape index (κ1) is 12.4. The molecular weight excluding hydrogens is 284 g/mol. The van der Waals surface area contributed by atoms with Crippen molar-refractivity contribution < 1.29 is 9.53 Å². The highest BCUT2D eigenvalue weighted by Crippen LogP contribution is 2.19. The highest BCUT2D eigenvalue weighted by atomic mass is 79.9. The number of rotatable bonds is 2. The lowest BCUT2D eigenvalue weighted by atomic mass is 10.2. The Morgan fingerprint density at radius 2 is 2.35 bits per heavy atom. The van der Waals surface area contributed by atoms with E-state index in [1.165, 1.54) is 0 Å². The van der Waals surface area contributed by atoms with Crippen LogP contribution >= 0.6 is 15.9 Å². The third kappa shape index (κ3) is 3.44. The normalized spacial score (nSPS) is 19.1. The SMILES string of the molecule is Cc1cc(NC(=O)NC2CCOC2)ccc1Br. The van der Waals surface area contributed by atoms with Crippen LogP contribution < -0.4 is 10.6 Å². The topological polar surface area (TPSA) is 50.4 Å². The number of carbonyl (C=O) groups is 1. The van der Waals surface area contributed by atoms with E-state index in [0.29, 0.717) is 6.61 Å². The summed E-state index contributed by atoms with van der Waals surface area (Å²) in [5, 5.41) is 5.69. The average molecular weight is 299 g/mol. The van der Waals surface area contributed by atoms with Gasteiger partial charge in [-0.2, -0.15) is 0 Å². The van der Waals surface area contributed by atoms with E-state index in [2.05, 4.69) is 26.6 Å². The molecule has 2 amide bonds. The van der Waals surface area contributed by atoms with Crippen molar-refractivity contribution in [2.75, 3.05) is 18.5 Å². The number of hydrogen-bond donors (Lipinski definition) is 2. The molecule has 0 spiro atoms. The summed E-state index contributed by atoms with van der Waals surface area (Å²) in [4.78, 5) is 11.7. The molecule has 1 heterocycles. The van der Waals surface area contributed by atoms with Crippen molar-refractivity contribution in [2.24, 2.45) is 0 Å². The number of nitrogens with one attached hydrogen (secondary N) is 2. The minimum Gasteiger partial charge on any atom is -0.379 e. The number of amides is 2. The molecule has 0 radical (unpaired) electrons. The van der Waals surface area contributed by atoms with Crippen LogP contribution in [0.15, 0.2) is 22.7 Å². The predicted octanol–water partition coefficient (Wildman–Crippen LogP) is 2.67. The van der Waals surface area contributed by atoms with Gasteiger partial charge in [0.2, 0.25) is 0 Å². The van der Waals surface area contributed by atoms with Gasteiger partial charge in [0.05, 0.1) is 12.6 Å². The van der Waals surface area contributed by atoms with Crippen LogP contribution in [0.4, 0.5) is 10.5 Å². The smallest absolute Gasteiger partial charge is 0.319 e. The summed E-state index contributed by atoms with van der Waals surface area (Å²) in [5.74, 6) is 0. The number of hydrogen-bond acceptors (Lipinski definition) is 2. The first-order valence-corrected chi connectivity index (χ1v) is 6.36. The van der Waals surface area contributed by atoms with Crippen LogP contribution in [0.25, 0.3) is 0 Å². The number of aryl methyl sites for hydroxylation is 1. The Morgan fingerprint density at radius 3 is 3.00 bits per heavy atom. The third-order valence-electron chi connectivity index (χ3n) is 2.68. The molecule has 1 aromatic carbocycles. The lowest BCUT2D eigenvalue weighted by Crippen LogP contribution is -2.38. The largest absolute Gasteiger partial charge is 0.379 e. The van der Waals surface area contributed by atoms with Crippen LogP contribution in [0, 0.1) is 6.92 Å². The lowest BCUT2D eigenvalue weighted by molar-refractivity contribution is 0.189. The molecule has 92 valence electrons. The van der Waals surface area contributed by atoms with E-state index in [1.807, 2.05) is 25.1 Å². The Hall–Kier alpha value is -1.07. The Labute approximate surface area is 109 Å². The molecule has 2 N–H and O–H groups in total. The maximum Gasteiger partial charge on any atom is 0.319 e. The molecule has 1 saturated heterocycles. The van der Waals surface area contributed by atoms with E-state index in [1.54, 1.807) is 0 Å². The number of urea groups is 1. The van der Waals surface area contributed by atoms with Crippen molar-refractivity contribution in [1.82, 2.24) is 5.32 Å². The number of benzene rings is 1. The number of halogens is 1. The van der Waals surface area contributed by atoms with Gasteiger partial charge in [-0.15, -0.1) is 0 Å². The van der Waals surface area contributed by atoms with Gasteiger partial charge >= 0.3 is 6.03 Å². The quantitative estimate of drug-likeness (QED) is 0.882. The van der Waals surface area contributed by atoms with Crippen LogP contribution in [-0.2, 0) is 4.74 Å². The fourth-order valence-electron chi connectivity index (χ4n) is 1.72. The maximum atomic E-state index is 11.7. The van der Waals surface area contributed by atoms with Crippen molar-refractivity contribution in [1.29, 1.82) is 0 Å². The second-order valence-corrected chi connectivity index (χ2v) is 4.98. The highest BCUT2D eigenvalue weighted by Gasteiger charge is 2.17. The zero-order valence-corrected chi connectivity index (χ0v) is 11.2. The number of carbonyl (C=O) groups excluding carboxylic acids is 1. The molecule has 17 heavy (non-hydrogen) atoms. The van der Waals surface area contributed by atoms with Gasteiger partial charge in [0, 0.05) is 16.8 Å². The first-order chi connectivity index (χ1) is 8.15. The third-order valence-corrected chi connectivity index (χ3v) is 3.57. The minimum absolute atomic E-state index is 0.131. The van der Waals surface area contributed by atoms with Crippen LogP contribution in [-0.4, -0.2) is 25.3 Å². The summed E-state index contributed by atoms with van der Waals surface area (Å²) >= 11 is 3.42. The van der Waals surface area contributed by atoms with Gasteiger partial charge in [-0.05, 0) is 37.1 Å². The highest BCUT2D eigenvalue weighted by molar-refractivity contribution is 9.10. The Balaban J connectivity index is 1.90. The summed E-state index contributed by atoms with van der Waals surface area (Å²) in [6.07, 6.45) is 0.882. The molecule has 0 aliphatic carbocycles. The van der Waals surface area contributed by atoms with E-state index in [-0.39, 0.29) is 12.1 Å². The molecule has 0 bridgehead atoms. The zero-order valence-electron chi connectivity index (χ0n) is 9.63. The first-order valence-electron chi connectivity index (χ1n) is 5.56. The van der Waals surface area contributed by atoms with Gasteiger partial charge in [-0.3, -0.25) is 0 Å². The molecule has 1 fully saturated rings. The molecule has 1 unspecified atom stereocenters. The van der Waals surface area contributed by atoms with Gasteiger partial charge in [0.1, 0.15) is 0 Å². The Bertz CT molecular complexity index is 417. The summed E-state index contributed by atoms with van der Waals surface area (Å²) in [5.41, 5.74) is 1.88. The summed E-state index contributed by atoms with van der Waals surface area (Å²) in [6, 6.07) is 5.66. The van der Waals surface area contributed by atoms with E-state index in [4.69, 9.17) is 4.74 Å². The van der Waals surface area contributed by atoms with Gasteiger partial charge in [0.25, 0.3) is 0 Å². The summed E-state index contributed by atoms with van der Waals surface area (Å²) in [6.45, 7) is 3.31. The van der Waals surface area contributed by atoms with E-state index in [0.717, 1.165) is 28.8 Å². The predicted molar refractivity (Wildman–Crippen MR) is 70.3 cm³/mol. The molecule has 0 saturated carbocycles. The van der Waals surface area contributed by atoms with Gasteiger partial charge in [-0.25, -0.2) is 4.79 Å². The Morgan fingerprint density at radius 1 is 1.53 bits per heavy atom. The van der Waals surface area contributed by atoms with Crippen LogP contribution in [0.1, 0.15) is 12.0 Å². The molecule has 5 heteroatoms. The molecule has 1 aliphatic rings. The van der Waals surface area contributed by atoms with Crippen LogP contribution in [0.2, 0.25) is 0 Å². The fraction of sp³-hybridized carbons (Fsp3) is 0.417. The second kappa shape index (κ2) is 5.51. The number of ether oxygens (including phenoxy) is 1. The van der Waals surface area contributed by atoms with Gasteiger partial charge in [0.15, 0.2) is 0 Å². The summed E-state index contributed by atoms with van der Waals surface area (Å²) < 4.78 is 6.23. The summed E-state index contributed by atoms with van der Waals surface area (Å²) in [7, 11) is 0. The van der Waals surface area contributed by atoms with E-state index >= 15 is 0 Å². The van der Waals surface area contributed by atoms with E-state index < -0.39 is 0 Å². The van der Waals surface area contributed by atoms with Crippen molar-refractivity contribution in [3.05, 3.63) is 28.2 Å². The lowest BCUT2D eigenvalue weighted by Gasteiger charge is -2.12. The molecule has 0 aromatic heterocycles. The van der Waals surface area contributed by atoms with Crippen molar-refractivity contribution in [2.45, 2.75) is 19.4 Å². The Kier molecular flexibility index (Phi) is 4.02.